The third-order valence-corrected chi connectivity index (χ3v) is 3.75. The van der Waals surface area contributed by atoms with Crippen LogP contribution in [0.4, 0.5) is 13.2 Å². The molecule has 0 spiro atoms. The largest absolute Gasteiger partial charge is 0.478 e. The van der Waals surface area contributed by atoms with E-state index in [9.17, 15) is 23.1 Å². The lowest BCUT2D eigenvalue weighted by Gasteiger charge is -2.07. The Kier molecular flexibility index (Phi) is 3.75. The van der Waals surface area contributed by atoms with Gasteiger partial charge >= 0.3 is 12.1 Å². The predicted octanol–water partition coefficient (Wildman–Crippen LogP) is 3.28. The Bertz CT molecular complexity index is 932. The molecule has 1 aromatic carbocycles. The van der Waals surface area contributed by atoms with Crippen LogP contribution < -0.4 is 0 Å². The lowest BCUT2D eigenvalue weighted by Crippen LogP contribution is -2.05. The minimum absolute atomic E-state index is 0.0516. The first-order valence-electron chi connectivity index (χ1n) is 6.96. The van der Waals surface area contributed by atoms with Gasteiger partial charge in [-0.25, -0.2) is 4.79 Å². The van der Waals surface area contributed by atoms with Gasteiger partial charge in [0.1, 0.15) is 0 Å². The number of benzene rings is 1. The summed E-state index contributed by atoms with van der Waals surface area (Å²) in [7, 11) is 1.63. The van der Waals surface area contributed by atoms with E-state index in [4.69, 9.17) is 0 Å². The number of aryl methyl sites for hydroxylation is 1. The van der Waals surface area contributed by atoms with Crippen molar-refractivity contribution in [1.29, 1.82) is 0 Å². The fraction of sp³-hybridized carbons (Fsp3) is 0.188. The maximum atomic E-state index is 12.9. The van der Waals surface area contributed by atoms with E-state index < -0.39 is 17.7 Å². The van der Waals surface area contributed by atoms with Crippen LogP contribution in [0.3, 0.4) is 0 Å². The van der Waals surface area contributed by atoms with E-state index in [0.717, 1.165) is 12.1 Å². The summed E-state index contributed by atoms with van der Waals surface area (Å²) in [5, 5.41) is 13.8. The fourth-order valence-electron chi connectivity index (χ4n) is 2.60. The van der Waals surface area contributed by atoms with Crippen LogP contribution in [0.2, 0.25) is 0 Å². The van der Waals surface area contributed by atoms with Crippen molar-refractivity contribution in [2.75, 3.05) is 0 Å². The summed E-state index contributed by atoms with van der Waals surface area (Å²) < 4.78 is 40.3. The van der Waals surface area contributed by atoms with Gasteiger partial charge in [-0.15, -0.1) is 0 Å². The van der Waals surface area contributed by atoms with Gasteiger partial charge in [0.25, 0.3) is 0 Å². The van der Waals surface area contributed by atoms with E-state index in [-0.39, 0.29) is 12.0 Å². The van der Waals surface area contributed by atoms with Crippen molar-refractivity contribution in [1.82, 2.24) is 14.8 Å². The summed E-state index contributed by atoms with van der Waals surface area (Å²) in [4.78, 5) is 15.2. The maximum Gasteiger partial charge on any atom is 0.416 e. The van der Waals surface area contributed by atoms with Crippen molar-refractivity contribution in [3.63, 3.8) is 0 Å². The minimum atomic E-state index is -4.46. The molecule has 0 aliphatic rings. The summed E-state index contributed by atoms with van der Waals surface area (Å²) >= 11 is 0. The predicted molar refractivity (Wildman–Crippen MR) is 79.7 cm³/mol. The molecule has 0 atom stereocenters. The molecule has 0 amide bonds. The zero-order valence-corrected chi connectivity index (χ0v) is 12.5. The van der Waals surface area contributed by atoms with E-state index in [2.05, 4.69) is 10.1 Å². The van der Waals surface area contributed by atoms with Gasteiger partial charge in [0.05, 0.1) is 22.3 Å². The average Bonchev–Trinajstić information content (AvgIpc) is 2.83. The number of pyridine rings is 1. The van der Waals surface area contributed by atoms with Crippen molar-refractivity contribution in [2.24, 2.45) is 7.05 Å². The molecule has 2 heterocycles. The number of halogens is 3. The standard InChI is InChI=1S/C16H12F3N3O2/c1-22-14-3-2-10(16(17,18)19)7-12(14)13(21-22)6-9-8-20-5-4-11(9)15(23)24/h2-5,7-8H,6H2,1H3,(H,23,24). The summed E-state index contributed by atoms with van der Waals surface area (Å²) in [5.74, 6) is -1.12. The first-order chi connectivity index (χ1) is 11.3. The molecular weight excluding hydrogens is 323 g/mol. The molecule has 3 rings (SSSR count). The Balaban J connectivity index is 2.12. The number of carboxylic acids is 1. The highest BCUT2D eigenvalue weighted by molar-refractivity contribution is 5.90. The van der Waals surface area contributed by atoms with Gasteiger partial charge in [0, 0.05) is 31.2 Å². The number of carboxylic acid groups (broad SMARTS) is 1. The maximum absolute atomic E-state index is 12.9. The van der Waals surface area contributed by atoms with E-state index in [0.29, 0.717) is 22.2 Å². The van der Waals surface area contributed by atoms with E-state index in [1.165, 1.54) is 29.2 Å². The Morgan fingerprint density at radius 2 is 2.04 bits per heavy atom. The molecule has 0 saturated heterocycles. The Labute approximate surface area is 134 Å². The number of aromatic nitrogens is 3. The lowest BCUT2D eigenvalue weighted by atomic mass is 10.0. The van der Waals surface area contributed by atoms with E-state index in [1.807, 2.05) is 0 Å². The highest BCUT2D eigenvalue weighted by Crippen LogP contribution is 2.32. The second-order valence-electron chi connectivity index (χ2n) is 5.31. The SMILES string of the molecule is Cn1nc(Cc2cnccc2C(=O)O)c2cc(C(F)(F)F)ccc21. The van der Waals surface area contributed by atoms with Gasteiger partial charge in [-0.2, -0.15) is 18.3 Å². The summed E-state index contributed by atoms with van der Waals surface area (Å²) in [6.45, 7) is 0. The molecule has 0 bridgehead atoms. The van der Waals surface area contributed by atoms with Crippen LogP contribution in [0.25, 0.3) is 10.9 Å². The molecule has 2 aromatic heterocycles. The molecule has 0 saturated carbocycles. The molecule has 5 nitrogen and oxygen atoms in total. The number of carbonyl (C=O) groups is 1. The van der Waals surface area contributed by atoms with Gasteiger partial charge in [-0.3, -0.25) is 9.67 Å². The van der Waals surface area contributed by atoms with E-state index >= 15 is 0 Å². The Morgan fingerprint density at radius 1 is 1.29 bits per heavy atom. The minimum Gasteiger partial charge on any atom is -0.478 e. The topological polar surface area (TPSA) is 68.0 Å². The third kappa shape index (κ3) is 2.82. The molecule has 0 unspecified atom stereocenters. The van der Waals surface area contributed by atoms with Crippen molar-refractivity contribution < 1.29 is 23.1 Å². The smallest absolute Gasteiger partial charge is 0.416 e. The molecule has 0 aliphatic carbocycles. The van der Waals surface area contributed by atoms with Crippen LogP contribution in [0.15, 0.2) is 36.7 Å². The van der Waals surface area contributed by atoms with Crippen molar-refractivity contribution in [3.8, 4) is 0 Å². The van der Waals surface area contributed by atoms with Crippen LogP contribution in [0.5, 0.6) is 0 Å². The van der Waals surface area contributed by atoms with Crippen LogP contribution in [-0.4, -0.2) is 25.8 Å². The number of nitrogens with zero attached hydrogens (tertiary/aromatic N) is 3. The first kappa shape index (κ1) is 16.0. The molecule has 0 fully saturated rings. The third-order valence-electron chi connectivity index (χ3n) is 3.75. The lowest BCUT2D eigenvalue weighted by molar-refractivity contribution is -0.137. The van der Waals surface area contributed by atoms with Crippen LogP contribution in [-0.2, 0) is 19.6 Å². The molecule has 1 N–H and O–H groups in total. The average molecular weight is 335 g/mol. The van der Waals surface area contributed by atoms with Crippen LogP contribution >= 0.6 is 0 Å². The monoisotopic (exact) mass is 335 g/mol. The summed E-state index contributed by atoms with van der Waals surface area (Å²) in [6.07, 6.45) is -1.64. The normalized spacial score (nSPS) is 11.8. The molecule has 8 heteroatoms. The quantitative estimate of drug-likeness (QED) is 0.798. The number of aromatic carboxylic acids is 1. The number of hydrogen-bond acceptors (Lipinski definition) is 3. The molecule has 124 valence electrons. The zero-order chi connectivity index (χ0) is 17.5. The van der Waals surface area contributed by atoms with Crippen LogP contribution in [0.1, 0.15) is 27.2 Å². The Morgan fingerprint density at radius 3 is 2.71 bits per heavy atom. The highest BCUT2D eigenvalue weighted by Gasteiger charge is 2.31. The van der Waals surface area contributed by atoms with Gasteiger partial charge in [-0.1, -0.05) is 0 Å². The second-order valence-corrected chi connectivity index (χ2v) is 5.31. The van der Waals surface area contributed by atoms with Crippen molar-refractivity contribution in [2.45, 2.75) is 12.6 Å². The number of rotatable bonds is 3. The second kappa shape index (κ2) is 5.63. The molecule has 0 radical (unpaired) electrons. The molecule has 0 aliphatic heterocycles. The molecule has 3 aromatic rings. The fourth-order valence-corrected chi connectivity index (χ4v) is 2.60. The van der Waals surface area contributed by atoms with Crippen LogP contribution in [0, 0.1) is 0 Å². The zero-order valence-electron chi connectivity index (χ0n) is 12.5. The van der Waals surface area contributed by atoms with Crippen molar-refractivity contribution in [3.05, 3.63) is 59.0 Å². The van der Waals surface area contributed by atoms with Crippen molar-refractivity contribution >= 4 is 16.9 Å². The number of fused-ring (bicyclic) bond motifs is 1. The first-order valence-corrected chi connectivity index (χ1v) is 6.96. The summed E-state index contributed by atoms with van der Waals surface area (Å²) in [6, 6.07) is 4.75. The van der Waals surface area contributed by atoms with Gasteiger partial charge in [-0.05, 0) is 29.8 Å². The Hall–Kier alpha value is -2.90. The summed E-state index contributed by atoms with van der Waals surface area (Å²) in [5.41, 5.74) is 0.583. The molecule has 24 heavy (non-hydrogen) atoms. The van der Waals surface area contributed by atoms with Gasteiger partial charge in [0.15, 0.2) is 0 Å². The molecular formula is C16H12F3N3O2. The highest BCUT2D eigenvalue weighted by atomic mass is 19.4. The van der Waals surface area contributed by atoms with Gasteiger partial charge in [0.2, 0.25) is 0 Å². The number of alkyl halides is 3. The van der Waals surface area contributed by atoms with Gasteiger partial charge < -0.3 is 5.11 Å². The van der Waals surface area contributed by atoms with E-state index in [1.54, 1.807) is 7.05 Å². The number of hydrogen-bond donors (Lipinski definition) is 1.